The summed E-state index contributed by atoms with van der Waals surface area (Å²) in [4.78, 5) is 25.8. The highest BCUT2D eigenvalue weighted by Gasteiger charge is 2.57. The van der Waals surface area contributed by atoms with Crippen LogP contribution in [0, 0.1) is 34.0 Å². The molecule has 8 heteroatoms. The monoisotopic (exact) mass is 410 g/mol. The Morgan fingerprint density at radius 1 is 1.12 bits per heavy atom. The van der Waals surface area contributed by atoms with Gasteiger partial charge in [0.1, 0.15) is 33.2 Å². The van der Waals surface area contributed by atoms with Gasteiger partial charge in [-0.2, -0.15) is 10.5 Å². The molecule has 0 radical (unpaired) electrons. The number of allylic oxidation sites excluding steroid dienone is 3. The van der Waals surface area contributed by atoms with Crippen molar-refractivity contribution in [3.05, 3.63) is 21.4 Å². The average Bonchev–Trinajstić information content (AvgIpc) is 2.79. The molecule has 2 aliphatic rings. The smallest absolute Gasteiger partial charge is 0.242 e. The van der Waals surface area contributed by atoms with Crippen LogP contribution in [-0.4, -0.2) is 19.9 Å². The van der Waals surface area contributed by atoms with Gasteiger partial charge in [-0.05, 0) is 32.5 Å². The van der Waals surface area contributed by atoms with Gasteiger partial charge in [0.2, 0.25) is 14.1 Å². The molecule has 138 valence electrons. The molecule has 2 unspecified atom stereocenters. The van der Waals surface area contributed by atoms with E-state index in [9.17, 15) is 20.1 Å². The summed E-state index contributed by atoms with van der Waals surface area (Å²) >= 11 is 12.4. The maximum absolute atomic E-state index is 13.0. The zero-order chi connectivity index (χ0) is 19.7. The summed E-state index contributed by atoms with van der Waals surface area (Å²) in [5, 5.41) is 19.3. The van der Waals surface area contributed by atoms with Crippen molar-refractivity contribution in [2.45, 2.75) is 51.7 Å². The van der Waals surface area contributed by atoms with E-state index >= 15 is 0 Å². The lowest BCUT2D eigenvalue weighted by molar-refractivity contribution is -0.132. The van der Waals surface area contributed by atoms with E-state index in [-0.39, 0.29) is 33.6 Å². The summed E-state index contributed by atoms with van der Waals surface area (Å²) in [6, 6.07) is 3.91. The number of rotatable bonds is 3. The van der Waals surface area contributed by atoms with Crippen LogP contribution in [0.3, 0.4) is 0 Å². The number of Topliss-reactive ketones (excluding diaryl/α,β-unsaturated/α-hetero) is 2. The average molecular weight is 411 g/mol. The molecule has 2 atom stereocenters. The predicted molar refractivity (Wildman–Crippen MR) is 100 cm³/mol. The van der Waals surface area contributed by atoms with Crippen LogP contribution >= 0.6 is 23.2 Å². The summed E-state index contributed by atoms with van der Waals surface area (Å²) in [6.07, 6.45) is 2.88. The number of halogens is 2. The Kier molecular flexibility index (Phi) is 6.02. The van der Waals surface area contributed by atoms with E-state index in [2.05, 4.69) is 0 Å². The third-order valence-electron chi connectivity index (χ3n) is 4.59. The van der Waals surface area contributed by atoms with E-state index in [1.807, 2.05) is 31.8 Å². The molecule has 0 N–H and O–H groups in total. The molecule has 0 aliphatic heterocycles. The zero-order valence-corrected chi connectivity index (χ0v) is 17.5. The maximum atomic E-state index is 13.0. The van der Waals surface area contributed by atoms with Crippen molar-refractivity contribution >= 4 is 43.1 Å². The minimum absolute atomic E-state index is 0.0310. The van der Waals surface area contributed by atoms with Gasteiger partial charge in [0.25, 0.3) is 0 Å². The number of carbonyl (C=O) groups excluding carboxylic acids is 2. The first kappa shape index (κ1) is 20.7. The number of ketones is 2. The van der Waals surface area contributed by atoms with Crippen LogP contribution in [0.5, 0.6) is 0 Å². The highest BCUT2D eigenvalue weighted by atomic mass is 35.5. The van der Waals surface area contributed by atoms with Crippen molar-refractivity contribution in [3.8, 4) is 12.1 Å². The molecule has 26 heavy (non-hydrogen) atoms. The molecule has 1 fully saturated rings. The number of nitrogens with zero attached hydrogens (tertiary/aromatic N) is 2. The molecule has 2 aliphatic carbocycles. The molecule has 0 saturated heterocycles. The first-order valence-corrected chi connectivity index (χ1v) is 12.6. The number of nitriles is 2. The van der Waals surface area contributed by atoms with E-state index in [0.717, 1.165) is 6.42 Å². The zero-order valence-electron chi connectivity index (χ0n) is 15.0. The van der Waals surface area contributed by atoms with Crippen LogP contribution < -0.4 is 0 Å². The second-order valence-corrected chi connectivity index (χ2v) is 12.7. The molecule has 0 aromatic carbocycles. The Morgan fingerprint density at radius 2 is 1.77 bits per heavy atom. The quantitative estimate of drug-likeness (QED) is 0.502. The largest absolute Gasteiger partial charge is 0.543 e. The van der Waals surface area contributed by atoms with Crippen molar-refractivity contribution in [2.24, 2.45) is 11.3 Å². The molecule has 0 aromatic heterocycles. The molecular formula is C18H20Cl2N2O3Si. The minimum atomic E-state index is -2.24. The lowest BCUT2D eigenvalue weighted by atomic mass is 9.63. The van der Waals surface area contributed by atoms with Crippen LogP contribution in [0.2, 0.25) is 19.6 Å². The highest BCUT2D eigenvalue weighted by molar-refractivity contribution is 6.70. The van der Waals surface area contributed by atoms with Crippen molar-refractivity contribution in [1.29, 1.82) is 10.5 Å². The summed E-state index contributed by atoms with van der Waals surface area (Å²) in [7, 11) is -2.24. The summed E-state index contributed by atoms with van der Waals surface area (Å²) < 4.78 is 5.93. The summed E-state index contributed by atoms with van der Waals surface area (Å²) in [5.74, 6) is -1.93. The lowest BCUT2D eigenvalue weighted by Crippen LogP contribution is -2.46. The van der Waals surface area contributed by atoms with Crippen LogP contribution in [0.25, 0.3) is 0 Å². The van der Waals surface area contributed by atoms with Gasteiger partial charge < -0.3 is 4.43 Å². The second kappa shape index (κ2) is 7.56. The van der Waals surface area contributed by atoms with Gasteiger partial charge in [-0.15, -0.1) is 0 Å². The van der Waals surface area contributed by atoms with Gasteiger partial charge in [-0.3, -0.25) is 9.59 Å². The van der Waals surface area contributed by atoms with Gasteiger partial charge in [0.15, 0.2) is 5.41 Å². The lowest BCUT2D eigenvalue weighted by Gasteiger charge is -2.37. The molecule has 2 rings (SSSR count). The summed E-state index contributed by atoms with van der Waals surface area (Å²) in [6.45, 7) is 5.65. The summed E-state index contributed by atoms with van der Waals surface area (Å²) in [5.41, 5.74) is -2.16. The van der Waals surface area contributed by atoms with Gasteiger partial charge in [-0.25, -0.2) is 0 Å². The van der Waals surface area contributed by atoms with Crippen molar-refractivity contribution < 1.29 is 14.0 Å². The van der Waals surface area contributed by atoms with Crippen molar-refractivity contribution in [3.63, 3.8) is 0 Å². The number of carbonyl (C=O) groups is 2. The van der Waals surface area contributed by atoms with Gasteiger partial charge in [-0.1, -0.05) is 36.0 Å². The Morgan fingerprint density at radius 3 is 2.31 bits per heavy atom. The molecule has 0 bridgehead atoms. The SMILES string of the molecule is C[Si](C)(C)OC1=C(C#N)C(C#N)(C2CCCCCC2=O)C(=O)C(Cl)=C1Cl. The van der Waals surface area contributed by atoms with Gasteiger partial charge in [0, 0.05) is 12.3 Å². The Bertz CT molecular complexity index is 799. The van der Waals surface area contributed by atoms with Crippen molar-refractivity contribution in [1.82, 2.24) is 0 Å². The van der Waals surface area contributed by atoms with E-state index in [1.54, 1.807) is 0 Å². The predicted octanol–water partition coefficient (Wildman–Crippen LogP) is 4.55. The normalized spacial score (nSPS) is 27.7. The number of hydrogen-bond donors (Lipinski definition) is 0. The molecule has 0 spiro atoms. The molecule has 5 nitrogen and oxygen atoms in total. The standard InChI is InChI=1S/C18H20Cl2N2O3Si/c1-26(2,3)25-16-12(9-21)18(10-22,17(24)15(20)14(16)19)11-7-5-4-6-8-13(11)23/h11H,4-8H2,1-3H3. The molecular weight excluding hydrogens is 391 g/mol. The Balaban J connectivity index is 2.78. The van der Waals surface area contributed by atoms with Gasteiger partial charge >= 0.3 is 0 Å². The van der Waals surface area contributed by atoms with E-state index in [0.29, 0.717) is 19.3 Å². The van der Waals surface area contributed by atoms with Crippen molar-refractivity contribution in [2.75, 3.05) is 0 Å². The Hall–Kier alpha value is -1.60. The van der Waals surface area contributed by atoms with Crippen LogP contribution in [0.15, 0.2) is 21.4 Å². The fourth-order valence-corrected chi connectivity index (χ4v) is 4.79. The van der Waals surface area contributed by atoms with E-state index in [1.165, 1.54) is 0 Å². The van der Waals surface area contributed by atoms with Crippen LogP contribution in [0.4, 0.5) is 0 Å². The first-order valence-electron chi connectivity index (χ1n) is 8.48. The molecule has 0 aromatic rings. The molecule has 1 saturated carbocycles. The Labute approximate surface area is 164 Å². The van der Waals surface area contributed by atoms with Crippen LogP contribution in [-0.2, 0) is 14.0 Å². The first-order chi connectivity index (χ1) is 12.1. The number of hydrogen-bond acceptors (Lipinski definition) is 5. The fraction of sp³-hybridized carbons (Fsp3) is 0.556. The topological polar surface area (TPSA) is 90.9 Å². The van der Waals surface area contributed by atoms with Gasteiger partial charge in [0.05, 0.1) is 6.07 Å². The van der Waals surface area contributed by atoms with E-state index in [4.69, 9.17) is 27.6 Å². The van der Waals surface area contributed by atoms with E-state index < -0.39 is 25.4 Å². The van der Waals surface area contributed by atoms with Crippen LogP contribution in [0.1, 0.15) is 32.1 Å². The molecule has 0 heterocycles. The highest BCUT2D eigenvalue weighted by Crippen LogP contribution is 2.50. The maximum Gasteiger partial charge on any atom is 0.242 e. The third kappa shape index (κ3) is 3.47. The second-order valence-electron chi connectivity index (χ2n) is 7.53. The molecule has 0 amide bonds. The minimum Gasteiger partial charge on any atom is -0.543 e. The fourth-order valence-electron chi connectivity index (χ4n) is 3.45. The third-order valence-corrected chi connectivity index (χ3v) is 6.23.